The maximum absolute atomic E-state index is 12.2. The molecule has 0 aromatic heterocycles. The average molecular weight is 400 g/mol. The third kappa shape index (κ3) is 4.30. The molecule has 0 atom stereocenters. The van der Waals surface area contributed by atoms with E-state index in [1.807, 2.05) is 25.1 Å². The highest BCUT2D eigenvalue weighted by atomic mass is 79.9. The Morgan fingerprint density at radius 2 is 1.70 bits per heavy atom. The summed E-state index contributed by atoms with van der Waals surface area (Å²) in [5, 5.41) is 5.88. The number of urea groups is 1. The lowest BCUT2D eigenvalue weighted by molar-refractivity contribution is 0.262. The molecule has 0 radical (unpaired) electrons. The van der Waals surface area contributed by atoms with Crippen LogP contribution in [0, 0.1) is 6.92 Å². The summed E-state index contributed by atoms with van der Waals surface area (Å²) in [5.74, 6) is 0.883. The normalized spacial score (nSPS) is 10.1. The van der Waals surface area contributed by atoms with Crippen molar-refractivity contribution in [2.45, 2.75) is 6.92 Å². The Morgan fingerprint density at radius 1 is 1.04 bits per heavy atom. The molecule has 0 fully saturated rings. The molecule has 23 heavy (non-hydrogen) atoms. The molecule has 0 unspecified atom stereocenters. The number of benzene rings is 2. The monoisotopic (exact) mass is 398 g/mol. The van der Waals surface area contributed by atoms with Crippen molar-refractivity contribution in [1.82, 2.24) is 0 Å². The van der Waals surface area contributed by atoms with E-state index in [1.54, 1.807) is 12.1 Å². The largest absolute Gasteiger partial charge is 0.495 e. The molecule has 2 rings (SSSR count). The molecule has 0 saturated heterocycles. The van der Waals surface area contributed by atoms with Crippen LogP contribution >= 0.6 is 27.5 Å². The fourth-order valence-corrected chi connectivity index (χ4v) is 2.78. The van der Waals surface area contributed by atoms with Gasteiger partial charge in [-0.1, -0.05) is 17.7 Å². The highest BCUT2D eigenvalue weighted by molar-refractivity contribution is 9.10. The lowest BCUT2D eigenvalue weighted by Gasteiger charge is -2.14. The van der Waals surface area contributed by atoms with Gasteiger partial charge in [-0.2, -0.15) is 0 Å². The molecular weight excluding hydrogens is 384 g/mol. The predicted octanol–water partition coefficient (Wildman–Crippen LogP) is 5.07. The minimum atomic E-state index is -0.405. The fourth-order valence-electron chi connectivity index (χ4n) is 1.96. The Morgan fingerprint density at radius 3 is 2.30 bits per heavy atom. The number of rotatable bonds is 4. The number of nitrogens with one attached hydrogen (secondary N) is 2. The summed E-state index contributed by atoms with van der Waals surface area (Å²) < 4.78 is 11.2. The van der Waals surface area contributed by atoms with Crippen LogP contribution in [0.3, 0.4) is 0 Å². The Hall–Kier alpha value is -1.92. The smallest absolute Gasteiger partial charge is 0.323 e. The Bertz CT molecular complexity index is 738. The molecule has 122 valence electrons. The fraction of sp³-hybridized carbons (Fsp3) is 0.188. The lowest BCUT2D eigenvalue weighted by Crippen LogP contribution is -2.20. The van der Waals surface area contributed by atoms with E-state index >= 15 is 0 Å². The van der Waals surface area contributed by atoms with Crippen molar-refractivity contribution in [3.63, 3.8) is 0 Å². The Kier molecular flexibility index (Phi) is 5.74. The number of carbonyl (C=O) groups excluding carboxylic acids is 1. The Balaban J connectivity index is 2.19. The molecule has 5 nitrogen and oxygen atoms in total. The van der Waals surface area contributed by atoms with E-state index in [9.17, 15) is 4.79 Å². The summed E-state index contributed by atoms with van der Waals surface area (Å²) in [6, 6.07) is 8.42. The zero-order valence-corrected chi connectivity index (χ0v) is 15.2. The zero-order chi connectivity index (χ0) is 17.0. The first-order valence-corrected chi connectivity index (χ1v) is 7.87. The molecular formula is C16H16BrClN2O3. The predicted molar refractivity (Wildman–Crippen MR) is 96.1 cm³/mol. The number of carbonyl (C=O) groups is 1. The quantitative estimate of drug-likeness (QED) is 0.754. The molecule has 2 amide bonds. The molecule has 0 saturated carbocycles. The molecule has 2 N–H and O–H groups in total. The van der Waals surface area contributed by atoms with Crippen LogP contribution < -0.4 is 20.1 Å². The van der Waals surface area contributed by atoms with Gasteiger partial charge in [-0.3, -0.25) is 0 Å². The number of halogens is 2. The number of aryl methyl sites for hydroxylation is 1. The van der Waals surface area contributed by atoms with Crippen molar-refractivity contribution in [1.29, 1.82) is 0 Å². The van der Waals surface area contributed by atoms with E-state index in [2.05, 4.69) is 26.6 Å². The van der Waals surface area contributed by atoms with Crippen LogP contribution in [-0.4, -0.2) is 20.3 Å². The number of ether oxygens (including phenoxy) is 2. The van der Waals surface area contributed by atoms with E-state index in [-0.39, 0.29) is 0 Å². The van der Waals surface area contributed by atoms with Gasteiger partial charge in [0, 0.05) is 16.6 Å². The molecule has 0 aliphatic heterocycles. The first kappa shape index (κ1) is 17.4. The minimum absolute atomic E-state index is 0.400. The van der Waals surface area contributed by atoms with Crippen LogP contribution in [-0.2, 0) is 0 Å². The van der Waals surface area contributed by atoms with Crippen molar-refractivity contribution in [3.05, 3.63) is 45.4 Å². The molecule has 0 aliphatic rings. The van der Waals surface area contributed by atoms with Crippen LogP contribution in [0.15, 0.2) is 34.8 Å². The second-order valence-electron chi connectivity index (χ2n) is 4.75. The maximum Gasteiger partial charge on any atom is 0.323 e. The summed E-state index contributed by atoms with van der Waals surface area (Å²) in [5.41, 5.74) is 2.20. The third-order valence-electron chi connectivity index (χ3n) is 3.09. The van der Waals surface area contributed by atoms with E-state index in [0.717, 1.165) is 10.0 Å². The van der Waals surface area contributed by atoms with Crippen LogP contribution in [0.25, 0.3) is 0 Å². The first-order chi connectivity index (χ1) is 10.9. The van der Waals surface area contributed by atoms with E-state index in [1.165, 1.54) is 14.2 Å². The molecule has 0 aliphatic carbocycles. The van der Waals surface area contributed by atoms with Gasteiger partial charge in [-0.15, -0.1) is 0 Å². The highest BCUT2D eigenvalue weighted by Gasteiger charge is 2.13. The summed E-state index contributed by atoms with van der Waals surface area (Å²) in [4.78, 5) is 12.2. The number of anilines is 2. The highest BCUT2D eigenvalue weighted by Crippen LogP contribution is 2.36. The second kappa shape index (κ2) is 7.57. The van der Waals surface area contributed by atoms with Gasteiger partial charge in [-0.05, 0) is 40.5 Å². The van der Waals surface area contributed by atoms with Gasteiger partial charge >= 0.3 is 6.03 Å². The van der Waals surface area contributed by atoms with Gasteiger partial charge in [0.1, 0.15) is 11.5 Å². The molecule has 0 bridgehead atoms. The van der Waals surface area contributed by atoms with E-state index in [0.29, 0.717) is 27.9 Å². The van der Waals surface area contributed by atoms with Gasteiger partial charge in [-0.25, -0.2) is 4.79 Å². The number of hydrogen-bond donors (Lipinski definition) is 2. The van der Waals surface area contributed by atoms with Crippen molar-refractivity contribution >= 4 is 44.9 Å². The molecule has 2 aromatic rings. The van der Waals surface area contributed by atoms with Crippen LogP contribution in [0.1, 0.15) is 5.56 Å². The lowest BCUT2D eigenvalue weighted by atomic mass is 10.2. The van der Waals surface area contributed by atoms with Gasteiger partial charge in [0.2, 0.25) is 0 Å². The van der Waals surface area contributed by atoms with Gasteiger partial charge in [0.05, 0.1) is 30.6 Å². The summed E-state index contributed by atoms with van der Waals surface area (Å²) in [6.07, 6.45) is 0. The standard InChI is InChI=1S/C16H16BrClN2O3/c1-9-4-5-12(10(17)6-9)19-16(21)20-13-8-14(22-2)11(18)7-15(13)23-3/h4-8H,1-3H3,(H2,19,20,21). The van der Waals surface area contributed by atoms with E-state index in [4.69, 9.17) is 21.1 Å². The number of methoxy groups -OCH3 is 2. The minimum Gasteiger partial charge on any atom is -0.495 e. The third-order valence-corrected chi connectivity index (χ3v) is 4.05. The summed E-state index contributed by atoms with van der Waals surface area (Å²) >= 11 is 9.46. The van der Waals surface area contributed by atoms with Crippen LogP contribution in [0.5, 0.6) is 11.5 Å². The molecule has 7 heteroatoms. The Labute approximate surface area is 148 Å². The maximum atomic E-state index is 12.2. The first-order valence-electron chi connectivity index (χ1n) is 6.70. The van der Waals surface area contributed by atoms with Crippen LogP contribution in [0.4, 0.5) is 16.2 Å². The van der Waals surface area contributed by atoms with Gasteiger partial charge < -0.3 is 20.1 Å². The van der Waals surface area contributed by atoms with Crippen molar-refractivity contribution in [2.24, 2.45) is 0 Å². The number of hydrogen-bond acceptors (Lipinski definition) is 3. The zero-order valence-electron chi connectivity index (χ0n) is 12.9. The SMILES string of the molecule is COc1cc(NC(=O)Nc2ccc(C)cc2Br)c(OC)cc1Cl. The topological polar surface area (TPSA) is 59.6 Å². The van der Waals surface area contributed by atoms with Crippen LogP contribution in [0.2, 0.25) is 5.02 Å². The van der Waals surface area contributed by atoms with Gasteiger partial charge in [0.15, 0.2) is 0 Å². The van der Waals surface area contributed by atoms with Crippen molar-refractivity contribution in [3.8, 4) is 11.5 Å². The number of amides is 2. The van der Waals surface area contributed by atoms with E-state index < -0.39 is 6.03 Å². The van der Waals surface area contributed by atoms with Crippen molar-refractivity contribution < 1.29 is 14.3 Å². The summed E-state index contributed by atoms with van der Waals surface area (Å²) in [7, 11) is 3.00. The average Bonchev–Trinajstić information content (AvgIpc) is 2.51. The summed E-state index contributed by atoms with van der Waals surface area (Å²) in [6.45, 7) is 1.97. The molecule has 0 spiro atoms. The van der Waals surface area contributed by atoms with Gasteiger partial charge in [0.25, 0.3) is 0 Å². The van der Waals surface area contributed by atoms with Crippen molar-refractivity contribution in [2.75, 3.05) is 24.9 Å². The second-order valence-corrected chi connectivity index (χ2v) is 6.01. The molecule has 0 heterocycles. The molecule has 2 aromatic carbocycles.